The molecule has 1 aromatic heterocycles. The third-order valence-corrected chi connectivity index (χ3v) is 33.7. The van der Waals surface area contributed by atoms with Crippen LogP contribution in [-0.2, 0) is 46.5 Å². The summed E-state index contributed by atoms with van der Waals surface area (Å²) in [6.45, 7) is 3.32. The van der Waals surface area contributed by atoms with E-state index in [0.29, 0.717) is 61.9 Å². The van der Waals surface area contributed by atoms with Crippen LogP contribution >= 0.6 is 31.7 Å². The number of carbonyl (C=O) groups excluding carboxylic acids is 2. The van der Waals surface area contributed by atoms with E-state index in [0.717, 1.165) is 35.1 Å². The van der Waals surface area contributed by atoms with E-state index in [4.69, 9.17) is 5.11 Å². The number of anilines is 1. The molecule has 15 aromatic carbocycles. The van der Waals surface area contributed by atoms with Gasteiger partial charge in [0, 0.05) is 58.1 Å². The van der Waals surface area contributed by atoms with Crippen LogP contribution in [0.1, 0.15) is 49.7 Å². The van der Waals surface area contributed by atoms with E-state index < -0.39 is 59.8 Å². The fraction of sp³-hybridized carbons (Fsp3) is 0.130. The van der Waals surface area contributed by atoms with E-state index in [1.54, 1.807) is 30.3 Å². The normalized spacial score (nSPS) is 13.7. The van der Waals surface area contributed by atoms with Gasteiger partial charge in [-0.25, -0.2) is 13.2 Å². The van der Waals surface area contributed by atoms with Crippen molar-refractivity contribution in [2.24, 2.45) is 11.8 Å². The fourth-order valence-corrected chi connectivity index (χ4v) is 26.5. The maximum atomic E-state index is 13.7. The molecule has 642 valence electrons. The largest absolute Gasteiger partial charge is 0.465 e. The average molecular weight is 1860 g/mol. The summed E-state index contributed by atoms with van der Waals surface area (Å²) < 4.78 is 27.7. The summed E-state index contributed by atoms with van der Waals surface area (Å²) in [7, 11) is -5.31. The standard InChI is InChI=1S/C36H42N6O7S.4C18H15P.Pd/c1-22-18-28(50(48,49)42-16-2-3-17-42)13-15-29(22)25-8-4-23(5-9-25)19-32(35(45)38-27-12-14-30-31(20-27)40-41-34(30)44)39-33(43)26-10-6-24(7-11-26)21-37-36(46)47;4*1-4-10-16(11-5-1)19(17-12-6-2-7-13-17)18-14-8-3-9-15-18;/h4-5,8-9,12-15,18,20,24,26,32,37H,2-3,6-7,10-11,16-17,19,21H2,1H3,(H,38,45)(H,39,43)(H,46,47)(H2,40,41,44);4*1-15H;/t24?,26?,32-;;;;;/m0...../s1. The zero-order valence-corrected chi connectivity index (χ0v) is 76.5. The van der Waals surface area contributed by atoms with E-state index in [1.807, 2.05) is 37.3 Å². The van der Waals surface area contributed by atoms with Gasteiger partial charge in [-0.3, -0.25) is 24.6 Å². The van der Waals surface area contributed by atoms with Crippen molar-refractivity contribution in [2.45, 2.75) is 62.8 Å². The van der Waals surface area contributed by atoms with Crippen molar-refractivity contribution in [2.75, 3.05) is 25.0 Å². The molecule has 1 atom stereocenters. The van der Waals surface area contributed by atoms with Gasteiger partial charge in [0.15, 0.2) is 0 Å². The maximum Gasteiger partial charge on any atom is 0.404 e. The van der Waals surface area contributed by atoms with Crippen LogP contribution in [-0.4, -0.2) is 71.6 Å². The summed E-state index contributed by atoms with van der Waals surface area (Å²) in [6, 6.07) is 146. The molecule has 1 aliphatic heterocycles. The van der Waals surface area contributed by atoms with Gasteiger partial charge in [-0.05, 0) is 199 Å². The number of aromatic nitrogens is 2. The van der Waals surface area contributed by atoms with Gasteiger partial charge in [-0.15, -0.1) is 0 Å². The Labute approximate surface area is 764 Å². The second-order valence-electron chi connectivity index (χ2n) is 30.7. The van der Waals surface area contributed by atoms with Crippen molar-refractivity contribution >= 4 is 140 Å². The Morgan fingerprint density at radius 3 is 1.04 bits per heavy atom. The van der Waals surface area contributed by atoms with Crippen LogP contribution < -0.4 is 85.2 Å². The van der Waals surface area contributed by atoms with E-state index in [-0.39, 0.29) is 55.0 Å². The van der Waals surface area contributed by atoms with Crippen molar-refractivity contribution in [1.82, 2.24) is 25.1 Å². The molecule has 2 aliphatic rings. The Morgan fingerprint density at radius 2 is 0.732 bits per heavy atom. The van der Waals surface area contributed by atoms with E-state index in [1.165, 1.54) is 68.0 Å². The molecule has 2 fully saturated rings. The number of hydrogen-bond donors (Lipinski definition) is 6. The number of sulfonamides is 1. The van der Waals surface area contributed by atoms with Crippen molar-refractivity contribution in [3.63, 3.8) is 0 Å². The molecule has 127 heavy (non-hydrogen) atoms. The van der Waals surface area contributed by atoms with Crippen molar-refractivity contribution < 1.29 is 48.3 Å². The molecule has 0 radical (unpaired) electrons. The molecular formula is C108H102N6O7P4PdS. The molecule has 19 heteroatoms. The van der Waals surface area contributed by atoms with Crippen LogP contribution in [0.5, 0.6) is 0 Å². The minimum atomic E-state index is -3.53. The summed E-state index contributed by atoms with van der Waals surface area (Å²) in [6.07, 6.45) is 3.48. The summed E-state index contributed by atoms with van der Waals surface area (Å²) in [4.78, 5) is 50.3. The van der Waals surface area contributed by atoms with Gasteiger partial charge in [-0.1, -0.05) is 394 Å². The van der Waals surface area contributed by atoms with Gasteiger partial charge in [0.25, 0.3) is 5.56 Å². The number of nitrogens with zero attached hydrogens (tertiary/aromatic N) is 1. The van der Waals surface area contributed by atoms with Gasteiger partial charge < -0.3 is 21.1 Å². The number of nitrogens with one attached hydrogen (secondary N) is 5. The Bertz CT molecular complexity index is 5380. The van der Waals surface area contributed by atoms with Crippen LogP contribution in [0.4, 0.5) is 10.5 Å². The molecule has 0 unspecified atom stereocenters. The zero-order valence-electron chi connectivity index (χ0n) is 70.6. The second kappa shape index (κ2) is 47.6. The molecule has 2 heterocycles. The van der Waals surface area contributed by atoms with Gasteiger partial charge in [0.05, 0.1) is 15.8 Å². The number of benzene rings is 15. The molecule has 13 nitrogen and oxygen atoms in total. The quantitative estimate of drug-likeness (QED) is 0.0271. The zero-order chi connectivity index (χ0) is 87.1. The molecule has 6 N–H and O–H groups in total. The van der Waals surface area contributed by atoms with E-state index in [2.05, 4.69) is 390 Å². The van der Waals surface area contributed by atoms with E-state index >= 15 is 0 Å². The second-order valence-corrected chi connectivity index (χ2v) is 41.5. The molecule has 3 amide bonds. The average Bonchev–Trinajstić information content (AvgIpc) is 1.78. The van der Waals surface area contributed by atoms with Crippen LogP contribution in [0.3, 0.4) is 0 Å². The Hall–Kier alpha value is -11.9. The first kappa shape index (κ1) is 92.7. The first-order chi connectivity index (χ1) is 61.8. The fourth-order valence-electron chi connectivity index (χ4n) is 15.7. The number of fused-ring (bicyclic) bond motifs is 1. The molecule has 0 spiro atoms. The smallest absolute Gasteiger partial charge is 0.404 e. The summed E-state index contributed by atoms with van der Waals surface area (Å²) >= 11 is 0. The minimum Gasteiger partial charge on any atom is -0.465 e. The molecule has 1 aliphatic carbocycles. The van der Waals surface area contributed by atoms with Crippen LogP contribution in [0, 0.1) is 18.8 Å². The van der Waals surface area contributed by atoms with E-state index in [9.17, 15) is 27.6 Å². The molecule has 1 saturated heterocycles. The molecule has 16 aromatic rings. The predicted octanol–water partition coefficient (Wildman–Crippen LogP) is 18.1. The third-order valence-electron chi connectivity index (χ3n) is 22.0. The topological polar surface area (TPSA) is 194 Å². The first-order valence-electron chi connectivity index (χ1n) is 42.6. The Morgan fingerprint density at radius 1 is 0.409 bits per heavy atom. The SMILES string of the molecule is Cc1cc(S(=O)(=O)N2CCCC2)ccc1-c1ccc(C[C@H](NC(=O)C2CCC(CNC(=O)O)CC2)C(=O)Nc2ccc3c(=O)[nH][nH]c3c2)cc1.[Pd].c1ccc(P(c2ccccc2)c2ccccc2)cc1.c1ccc(P(c2ccccc2)c2ccccc2)cc1.c1ccc(P(c2ccccc2)c2ccccc2)cc1.c1ccc(P(c2ccccc2)c2ccccc2)cc1. The van der Waals surface area contributed by atoms with Crippen molar-refractivity contribution in [3.05, 3.63) is 446 Å². The summed E-state index contributed by atoms with van der Waals surface area (Å²) in [5, 5.41) is 39.7. The van der Waals surface area contributed by atoms with Crippen LogP contribution in [0.25, 0.3) is 22.0 Å². The van der Waals surface area contributed by atoms with Crippen LogP contribution in [0.15, 0.2) is 434 Å². The minimum absolute atomic E-state index is 0. The number of amides is 3. The number of rotatable bonds is 23. The maximum absolute atomic E-state index is 13.7. The number of carbonyl (C=O) groups is 3. The van der Waals surface area contributed by atoms with Crippen LogP contribution in [0.2, 0.25) is 0 Å². The first-order valence-corrected chi connectivity index (χ1v) is 49.4. The summed E-state index contributed by atoms with van der Waals surface area (Å²) in [5.41, 5.74) is 4.17. The summed E-state index contributed by atoms with van der Waals surface area (Å²) in [5.74, 6) is -0.770. The van der Waals surface area contributed by atoms with Gasteiger partial charge >= 0.3 is 6.09 Å². The number of carboxylic acid groups (broad SMARTS) is 1. The molecule has 1 saturated carbocycles. The Kier molecular flexibility index (Phi) is 34.7. The third kappa shape index (κ3) is 25.9. The van der Waals surface area contributed by atoms with Crippen molar-refractivity contribution in [1.29, 1.82) is 0 Å². The predicted molar refractivity (Wildman–Crippen MR) is 530 cm³/mol. The monoisotopic (exact) mass is 1860 g/mol. The van der Waals surface area contributed by atoms with Gasteiger partial charge in [0.2, 0.25) is 21.8 Å². The number of H-pyrrole nitrogens is 2. The van der Waals surface area contributed by atoms with Crippen molar-refractivity contribution in [3.8, 4) is 11.1 Å². The number of aryl methyl sites for hydroxylation is 1. The Balaban J connectivity index is 0.000000148. The number of aromatic amines is 2. The van der Waals surface area contributed by atoms with Gasteiger partial charge in [-0.2, -0.15) is 4.31 Å². The molecule has 0 bridgehead atoms. The molecule has 18 rings (SSSR count). The molecular weight excluding hydrogens is 1760 g/mol. The van der Waals surface area contributed by atoms with Gasteiger partial charge in [0.1, 0.15) is 6.04 Å². The number of hydrogen-bond acceptors (Lipinski definition) is 6.